The number of carbonyl (C=O) groups is 2. The molecule has 3 rings (SSSR count). The Bertz CT molecular complexity index is 1060. The van der Waals surface area contributed by atoms with Crippen molar-refractivity contribution >= 4 is 17.5 Å². The SMILES string of the molecule is Cc1cccc(Oc2ccc(NC(=O)[C@@H](NC(=O)c3ccccc3F)C(C)C)cc2)c1. The van der Waals surface area contributed by atoms with Gasteiger partial charge in [-0.05, 0) is 66.9 Å². The first-order chi connectivity index (χ1) is 14.8. The number of nitrogens with one attached hydrogen (secondary N) is 2. The largest absolute Gasteiger partial charge is 0.457 e. The monoisotopic (exact) mass is 420 g/mol. The topological polar surface area (TPSA) is 67.4 Å². The molecule has 2 amide bonds. The van der Waals surface area contributed by atoms with Crippen LogP contribution in [-0.2, 0) is 4.79 Å². The average molecular weight is 420 g/mol. The third-order valence-electron chi connectivity index (χ3n) is 4.70. The number of halogens is 1. The zero-order valence-corrected chi connectivity index (χ0v) is 17.7. The van der Waals surface area contributed by atoms with Gasteiger partial charge in [0.15, 0.2) is 0 Å². The molecule has 2 N–H and O–H groups in total. The van der Waals surface area contributed by atoms with Gasteiger partial charge in [-0.2, -0.15) is 0 Å². The molecule has 0 heterocycles. The van der Waals surface area contributed by atoms with Crippen molar-refractivity contribution in [3.05, 3.63) is 89.7 Å². The third-order valence-corrected chi connectivity index (χ3v) is 4.70. The third kappa shape index (κ3) is 5.92. The van der Waals surface area contributed by atoms with Crippen LogP contribution in [0.5, 0.6) is 11.5 Å². The smallest absolute Gasteiger partial charge is 0.254 e. The minimum atomic E-state index is -0.824. The Kier molecular flexibility index (Phi) is 7.03. The zero-order valence-electron chi connectivity index (χ0n) is 17.7. The molecule has 6 heteroatoms. The lowest BCUT2D eigenvalue weighted by Gasteiger charge is -2.22. The van der Waals surface area contributed by atoms with Gasteiger partial charge in [0.2, 0.25) is 5.91 Å². The van der Waals surface area contributed by atoms with Gasteiger partial charge in [-0.3, -0.25) is 9.59 Å². The van der Waals surface area contributed by atoms with E-state index in [1.165, 1.54) is 18.2 Å². The van der Waals surface area contributed by atoms with Crippen molar-refractivity contribution in [1.82, 2.24) is 5.32 Å². The number of anilines is 1. The molecular weight excluding hydrogens is 395 g/mol. The van der Waals surface area contributed by atoms with Crippen LogP contribution in [0.4, 0.5) is 10.1 Å². The second-order valence-electron chi connectivity index (χ2n) is 7.61. The fraction of sp³-hybridized carbons (Fsp3) is 0.200. The van der Waals surface area contributed by atoms with E-state index >= 15 is 0 Å². The van der Waals surface area contributed by atoms with Crippen LogP contribution >= 0.6 is 0 Å². The molecule has 0 aliphatic heterocycles. The predicted octanol–water partition coefficient (Wildman–Crippen LogP) is 5.32. The number of hydrogen-bond donors (Lipinski definition) is 2. The second-order valence-corrected chi connectivity index (χ2v) is 7.61. The Morgan fingerprint density at radius 2 is 1.61 bits per heavy atom. The first-order valence-electron chi connectivity index (χ1n) is 10.0. The maximum atomic E-state index is 13.9. The first kappa shape index (κ1) is 22.0. The maximum absolute atomic E-state index is 13.9. The molecule has 0 fully saturated rings. The molecule has 0 aliphatic carbocycles. The van der Waals surface area contributed by atoms with Crippen molar-refractivity contribution in [2.75, 3.05) is 5.32 Å². The number of amides is 2. The molecule has 0 unspecified atom stereocenters. The Balaban J connectivity index is 1.65. The highest BCUT2D eigenvalue weighted by atomic mass is 19.1. The van der Waals surface area contributed by atoms with Crippen molar-refractivity contribution < 1.29 is 18.7 Å². The molecule has 0 bridgehead atoms. The summed E-state index contributed by atoms with van der Waals surface area (Å²) in [5.41, 5.74) is 1.56. The van der Waals surface area contributed by atoms with Gasteiger partial charge in [-0.25, -0.2) is 4.39 Å². The molecule has 0 saturated heterocycles. The lowest BCUT2D eigenvalue weighted by molar-refractivity contribution is -0.118. The van der Waals surface area contributed by atoms with Crippen LogP contribution in [-0.4, -0.2) is 17.9 Å². The van der Waals surface area contributed by atoms with Crippen molar-refractivity contribution in [2.45, 2.75) is 26.8 Å². The Morgan fingerprint density at radius 1 is 0.903 bits per heavy atom. The summed E-state index contributed by atoms with van der Waals surface area (Å²) in [7, 11) is 0. The fourth-order valence-electron chi connectivity index (χ4n) is 3.04. The van der Waals surface area contributed by atoms with Gasteiger partial charge in [0.05, 0.1) is 5.56 Å². The lowest BCUT2D eigenvalue weighted by Crippen LogP contribution is -2.47. The van der Waals surface area contributed by atoms with E-state index in [1.54, 1.807) is 30.3 Å². The number of benzene rings is 3. The molecule has 0 spiro atoms. The molecule has 5 nitrogen and oxygen atoms in total. The molecule has 0 saturated carbocycles. The van der Waals surface area contributed by atoms with Gasteiger partial charge in [0, 0.05) is 5.69 Å². The summed E-state index contributed by atoms with van der Waals surface area (Å²) in [5, 5.41) is 5.42. The number of ether oxygens (including phenoxy) is 1. The molecule has 0 aromatic heterocycles. The van der Waals surface area contributed by atoms with E-state index in [9.17, 15) is 14.0 Å². The highest BCUT2D eigenvalue weighted by molar-refractivity contribution is 6.01. The number of hydrogen-bond acceptors (Lipinski definition) is 3. The molecule has 3 aromatic rings. The summed E-state index contributed by atoms with van der Waals surface area (Å²) in [6, 6.07) is 19.5. The Labute approximate surface area is 181 Å². The van der Waals surface area contributed by atoms with E-state index in [0.29, 0.717) is 11.4 Å². The van der Waals surface area contributed by atoms with Crippen molar-refractivity contribution in [2.24, 2.45) is 5.92 Å². The predicted molar refractivity (Wildman–Crippen MR) is 119 cm³/mol. The van der Waals surface area contributed by atoms with E-state index in [-0.39, 0.29) is 17.4 Å². The maximum Gasteiger partial charge on any atom is 0.254 e. The number of rotatable bonds is 7. The Hall–Kier alpha value is -3.67. The van der Waals surface area contributed by atoms with E-state index in [4.69, 9.17) is 4.74 Å². The van der Waals surface area contributed by atoms with Crippen molar-refractivity contribution in [3.63, 3.8) is 0 Å². The highest BCUT2D eigenvalue weighted by Crippen LogP contribution is 2.24. The summed E-state index contributed by atoms with van der Waals surface area (Å²) in [4.78, 5) is 25.2. The summed E-state index contributed by atoms with van der Waals surface area (Å²) < 4.78 is 19.7. The highest BCUT2D eigenvalue weighted by Gasteiger charge is 2.25. The molecule has 31 heavy (non-hydrogen) atoms. The molecule has 1 atom stereocenters. The van der Waals surface area contributed by atoms with Gasteiger partial charge in [-0.15, -0.1) is 0 Å². The van der Waals surface area contributed by atoms with Gasteiger partial charge in [-0.1, -0.05) is 38.1 Å². The number of aryl methyl sites for hydroxylation is 1. The standard InChI is InChI=1S/C25H25FN2O3/c1-16(2)23(28-24(29)21-9-4-5-10-22(21)26)25(30)27-18-11-13-19(14-12-18)31-20-8-6-7-17(3)15-20/h4-16,23H,1-3H3,(H,27,30)(H,28,29)/t23-/m0/s1. The molecule has 0 radical (unpaired) electrons. The van der Waals surface area contributed by atoms with Crippen LogP contribution in [0.1, 0.15) is 29.8 Å². The molecule has 160 valence electrons. The quantitative estimate of drug-likeness (QED) is 0.544. The minimum Gasteiger partial charge on any atom is -0.457 e. The fourth-order valence-corrected chi connectivity index (χ4v) is 3.04. The van der Waals surface area contributed by atoms with Crippen molar-refractivity contribution in [1.29, 1.82) is 0 Å². The van der Waals surface area contributed by atoms with Crippen LogP contribution < -0.4 is 15.4 Å². The van der Waals surface area contributed by atoms with Gasteiger partial charge in [0.25, 0.3) is 5.91 Å². The lowest BCUT2D eigenvalue weighted by atomic mass is 10.0. The summed E-state index contributed by atoms with van der Waals surface area (Å²) in [6.07, 6.45) is 0. The van der Waals surface area contributed by atoms with Crippen molar-refractivity contribution in [3.8, 4) is 11.5 Å². The van der Waals surface area contributed by atoms with Crippen LogP contribution in [0, 0.1) is 18.7 Å². The minimum absolute atomic E-state index is 0.0985. The first-order valence-corrected chi connectivity index (χ1v) is 10.0. The van der Waals surface area contributed by atoms with Gasteiger partial charge in [0.1, 0.15) is 23.4 Å². The van der Waals surface area contributed by atoms with Crippen LogP contribution in [0.15, 0.2) is 72.8 Å². The normalized spacial score (nSPS) is 11.6. The molecular formula is C25H25FN2O3. The second kappa shape index (κ2) is 9.89. The zero-order chi connectivity index (χ0) is 22.4. The van der Waals surface area contributed by atoms with Crippen LogP contribution in [0.2, 0.25) is 0 Å². The van der Waals surface area contributed by atoms with Crippen LogP contribution in [0.3, 0.4) is 0 Å². The van der Waals surface area contributed by atoms with E-state index in [0.717, 1.165) is 11.3 Å². The molecule has 0 aliphatic rings. The van der Waals surface area contributed by atoms with Crippen LogP contribution in [0.25, 0.3) is 0 Å². The summed E-state index contributed by atoms with van der Waals surface area (Å²) >= 11 is 0. The summed E-state index contributed by atoms with van der Waals surface area (Å²) in [5.74, 6) is -0.475. The van der Waals surface area contributed by atoms with E-state index < -0.39 is 17.8 Å². The molecule has 3 aromatic carbocycles. The Morgan fingerprint density at radius 3 is 2.26 bits per heavy atom. The average Bonchev–Trinajstić information content (AvgIpc) is 2.73. The van der Waals surface area contributed by atoms with Gasteiger partial charge >= 0.3 is 0 Å². The van der Waals surface area contributed by atoms with Gasteiger partial charge < -0.3 is 15.4 Å². The van der Waals surface area contributed by atoms with E-state index in [1.807, 2.05) is 45.0 Å². The summed E-state index contributed by atoms with van der Waals surface area (Å²) in [6.45, 7) is 5.61. The van der Waals surface area contributed by atoms with E-state index in [2.05, 4.69) is 10.6 Å². The number of carbonyl (C=O) groups excluding carboxylic acids is 2.